The Morgan fingerprint density at radius 3 is 2.81 bits per heavy atom. The quantitative estimate of drug-likeness (QED) is 0.537. The van der Waals surface area contributed by atoms with Gasteiger partial charge in [0.2, 0.25) is 21.8 Å². The molecule has 0 aliphatic rings. The molecule has 0 saturated carbocycles. The Morgan fingerprint density at radius 1 is 1.19 bits per heavy atom. The molecular formula is C16H13N5O5S. The van der Waals surface area contributed by atoms with Crippen LogP contribution in [0.5, 0.6) is 0 Å². The van der Waals surface area contributed by atoms with Crippen LogP contribution in [0.2, 0.25) is 0 Å². The van der Waals surface area contributed by atoms with E-state index in [1.165, 1.54) is 29.8 Å². The number of oxazole rings is 1. The highest BCUT2D eigenvalue weighted by Gasteiger charge is 2.18. The maximum Gasteiger partial charge on any atom is 0.419 e. The monoisotopic (exact) mass is 387 g/mol. The summed E-state index contributed by atoms with van der Waals surface area (Å²) < 4.78 is 39.1. The maximum absolute atomic E-state index is 12.5. The van der Waals surface area contributed by atoms with E-state index < -0.39 is 15.8 Å². The van der Waals surface area contributed by atoms with Crippen molar-refractivity contribution in [2.24, 2.45) is 7.05 Å². The molecule has 0 bridgehead atoms. The van der Waals surface area contributed by atoms with Gasteiger partial charge in [-0.1, -0.05) is 0 Å². The van der Waals surface area contributed by atoms with Gasteiger partial charge in [0.05, 0.1) is 22.5 Å². The van der Waals surface area contributed by atoms with E-state index >= 15 is 0 Å². The minimum absolute atomic E-state index is 0.0450. The van der Waals surface area contributed by atoms with E-state index in [9.17, 15) is 13.2 Å². The lowest BCUT2D eigenvalue weighted by Gasteiger charge is -2.04. The third-order valence-electron chi connectivity index (χ3n) is 3.86. The molecule has 0 fully saturated rings. The van der Waals surface area contributed by atoms with Crippen LogP contribution >= 0.6 is 0 Å². The zero-order valence-electron chi connectivity index (χ0n) is 14.0. The third kappa shape index (κ3) is 3.25. The number of pyridine rings is 1. The zero-order chi connectivity index (χ0) is 19.0. The van der Waals surface area contributed by atoms with Crippen LogP contribution in [-0.2, 0) is 23.6 Å². The SMILES string of the molecule is Cn1c(=O)oc2cc(S(=O)(=O)NCc3nnc(-c4cccnc4)o3)ccc21. The van der Waals surface area contributed by atoms with Gasteiger partial charge in [-0.25, -0.2) is 17.9 Å². The predicted molar refractivity (Wildman–Crippen MR) is 93.0 cm³/mol. The molecule has 0 unspecified atom stereocenters. The average molecular weight is 387 g/mol. The highest BCUT2D eigenvalue weighted by Crippen LogP contribution is 2.19. The Balaban J connectivity index is 1.54. The Labute approximate surface area is 152 Å². The van der Waals surface area contributed by atoms with Crippen LogP contribution in [0.15, 0.2) is 61.2 Å². The smallest absolute Gasteiger partial charge is 0.419 e. The molecule has 4 rings (SSSR count). The van der Waals surface area contributed by atoms with E-state index in [0.29, 0.717) is 11.1 Å². The number of hydrogen-bond acceptors (Lipinski definition) is 8. The number of benzene rings is 1. The van der Waals surface area contributed by atoms with Crippen molar-refractivity contribution in [2.45, 2.75) is 11.4 Å². The van der Waals surface area contributed by atoms with E-state index in [-0.39, 0.29) is 28.8 Å². The molecule has 0 spiro atoms. The van der Waals surface area contributed by atoms with Crippen molar-refractivity contribution in [1.29, 1.82) is 0 Å². The average Bonchev–Trinajstić information content (AvgIpc) is 3.26. The van der Waals surface area contributed by atoms with Crippen LogP contribution in [0.3, 0.4) is 0 Å². The van der Waals surface area contributed by atoms with Crippen molar-refractivity contribution >= 4 is 21.1 Å². The summed E-state index contributed by atoms with van der Waals surface area (Å²) in [6, 6.07) is 7.64. The highest BCUT2D eigenvalue weighted by atomic mass is 32.2. The molecule has 0 amide bonds. The van der Waals surface area contributed by atoms with Crippen molar-refractivity contribution < 1.29 is 17.3 Å². The summed E-state index contributed by atoms with van der Waals surface area (Å²) in [4.78, 5) is 15.4. The molecule has 4 aromatic rings. The van der Waals surface area contributed by atoms with E-state index in [0.717, 1.165) is 0 Å². The zero-order valence-corrected chi connectivity index (χ0v) is 14.8. The topological polar surface area (TPSA) is 133 Å². The lowest BCUT2D eigenvalue weighted by atomic mass is 10.3. The standard InChI is InChI=1S/C16H13N5O5S/c1-21-12-5-4-11(7-13(12)25-16(21)22)27(23,24)18-9-14-19-20-15(26-14)10-3-2-6-17-8-10/h2-8,18H,9H2,1H3. The number of aryl methyl sites for hydroxylation is 1. The second-order valence-corrected chi connectivity index (χ2v) is 7.39. The second-order valence-electron chi connectivity index (χ2n) is 5.62. The van der Waals surface area contributed by atoms with Gasteiger partial charge in [-0.3, -0.25) is 9.55 Å². The van der Waals surface area contributed by atoms with E-state index in [2.05, 4.69) is 19.9 Å². The second kappa shape index (κ2) is 6.45. The van der Waals surface area contributed by atoms with Gasteiger partial charge in [0.25, 0.3) is 0 Å². The number of sulfonamides is 1. The minimum atomic E-state index is -3.87. The fourth-order valence-electron chi connectivity index (χ4n) is 2.45. The Hall–Kier alpha value is -3.31. The molecule has 3 heterocycles. The van der Waals surface area contributed by atoms with Gasteiger partial charge in [-0.05, 0) is 24.3 Å². The number of rotatable bonds is 5. The number of nitrogens with zero attached hydrogens (tertiary/aromatic N) is 4. The first-order valence-electron chi connectivity index (χ1n) is 7.76. The van der Waals surface area contributed by atoms with Crippen LogP contribution < -0.4 is 10.5 Å². The van der Waals surface area contributed by atoms with Gasteiger partial charge < -0.3 is 8.83 Å². The van der Waals surface area contributed by atoms with Gasteiger partial charge >= 0.3 is 5.76 Å². The van der Waals surface area contributed by atoms with Crippen molar-refractivity contribution in [3.8, 4) is 11.5 Å². The largest absolute Gasteiger partial charge is 0.419 e. The first-order valence-corrected chi connectivity index (χ1v) is 9.24. The molecule has 10 nitrogen and oxygen atoms in total. The molecule has 1 N–H and O–H groups in total. The summed E-state index contributed by atoms with van der Waals surface area (Å²) in [7, 11) is -2.33. The summed E-state index contributed by atoms with van der Waals surface area (Å²) in [5.74, 6) is -0.226. The molecule has 0 atom stereocenters. The Bertz CT molecular complexity index is 1270. The number of hydrogen-bond donors (Lipinski definition) is 1. The minimum Gasteiger partial charge on any atom is -0.419 e. The van der Waals surface area contributed by atoms with Crippen molar-refractivity contribution in [3.63, 3.8) is 0 Å². The van der Waals surface area contributed by atoms with Crippen LogP contribution in [-0.4, -0.2) is 28.2 Å². The fourth-order valence-corrected chi connectivity index (χ4v) is 3.44. The van der Waals surface area contributed by atoms with Crippen LogP contribution in [0.4, 0.5) is 0 Å². The predicted octanol–water partition coefficient (Wildman–Crippen LogP) is 1.05. The molecule has 11 heteroatoms. The van der Waals surface area contributed by atoms with E-state index in [1.54, 1.807) is 24.5 Å². The van der Waals surface area contributed by atoms with Crippen LogP contribution in [0.25, 0.3) is 22.6 Å². The van der Waals surface area contributed by atoms with E-state index in [1.807, 2.05) is 0 Å². The van der Waals surface area contributed by atoms with E-state index in [4.69, 9.17) is 8.83 Å². The van der Waals surface area contributed by atoms with Crippen LogP contribution in [0, 0.1) is 0 Å². The third-order valence-corrected chi connectivity index (χ3v) is 5.26. The number of fused-ring (bicyclic) bond motifs is 1. The van der Waals surface area contributed by atoms with Crippen molar-refractivity contribution in [1.82, 2.24) is 24.5 Å². The normalized spacial score (nSPS) is 11.9. The summed E-state index contributed by atoms with van der Waals surface area (Å²) in [5, 5.41) is 7.69. The first-order chi connectivity index (χ1) is 12.9. The maximum atomic E-state index is 12.5. The Kier molecular flexibility index (Phi) is 4.09. The fraction of sp³-hybridized carbons (Fsp3) is 0.125. The van der Waals surface area contributed by atoms with Crippen molar-refractivity contribution in [3.05, 3.63) is 59.2 Å². The molecule has 138 valence electrons. The molecule has 0 aliphatic heterocycles. The summed E-state index contributed by atoms with van der Waals surface area (Å²) >= 11 is 0. The molecule has 27 heavy (non-hydrogen) atoms. The molecule has 1 aromatic carbocycles. The van der Waals surface area contributed by atoms with Gasteiger partial charge in [0, 0.05) is 25.5 Å². The molecule has 3 aromatic heterocycles. The van der Waals surface area contributed by atoms with Gasteiger partial charge in [0.1, 0.15) is 0 Å². The van der Waals surface area contributed by atoms with Gasteiger partial charge in [-0.2, -0.15) is 0 Å². The highest BCUT2D eigenvalue weighted by molar-refractivity contribution is 7.89. The van der Waals surface area contributed by atoms with Gasteiger partial charge in [-0.15, -0.1) is 10.2 Å². The van der Waals surface area contributed by atoms with Crippen LogP contribution in [0.1, 0.15) is 5.89 Å². The summed E-state index contributed by atoms with van der Waals surface area (Å²) in [6.45, 7) is -0.188. The number of nitrogens with one attached hydrogen (secondary N) is 1. The summed E-state index contributed by atoms with van der Waals surface area (Å²) in [5.41, 5.74) is 1.31. The molecule has 0 saturated heterocycles. The number of aromatic nitrogens is 4. The lowest BCUT2D eigenvalue weighted by molar-refractivity contribution is 0.494. The molecular weight excluding hydrogens is 374 g/mol. The van der Waals surface area contributed by atoms with Gasteiger partial charge in [0.15, 0.2) is 5.58 Å². The Morgan fingerprint density at radius 2 is 2.04 bits per heavy atom. The molecule has 0 aliphatic carbocycles. The summed E-state index contributed by atoms with van der Waals surface area (Å²) in [6.07, 6.45) is 3.17. The van der Waals surface area contributed by atoms with Crippen molar-refractivity contribution in [2.75, 3.05) is 0 Å². The first kappa shape index (κ1) is 17.1. The molecule has 0 radical (unpaired) electrons. The lowest BCUT2D eigenvalue weighted by Crippen LogP contribution is -2.23.